The van der Waals surface area contributed by atoms with E-state index in [9.17, 15) is 4.79 Å². The molecule has 2 aliphatic rings. The maximum absolute atomic E-state index is 13.4. The summed E-state index contributed by atoms with van der Waals surface area (Å²) in [5, 5.41) is 0. The molecule has 142 valence electrons. The summed E-state index contributed by atoms with van der Waals surface area (Å²) in [6, 6.07) is 20.2. The third-order valence-electron chi connectivity index (χ3n) is 5.71. The molecule has 2 aliphatic heterocycles. The minimum Gasteiger partial charge on any atom is -0.341 e. The molecule has 0 saturated carbocycles. The molecule has 4 nitrogen and oxygen atoms in total. The number of rotatable bonds is 3. The quantitative estimate of drug-likeness (QED) is 0.820. The predicted octanol–water partition coefficient (Wildman–Crippen LogP) is 4.16. The molecule has 2 aromatic carbocycles. The molecule has 0 N–H and O–H groups in total. The highest BCUT2D eigenvalue weighted by Crippen LogP contribution is 2.48. The molecule has 2 bridgehead atoms. The molecule has 2 fully saturated rings. The molecule has 0 unspecified atom stereocenters. The van der Waals surface area contributed by atoms with Gasteiger partial charge in [-0.25, -0.2) is 0 Å². The minimum atomic E-state index is -0.799. The zero-order chi connectivity index (χ0) is 19.2. The van der Waals surface area contributed by atoms with Crippen molar-refractivity contribution < 1.29 is 14.3 Å². The molecule has 0 spiro atoms. The van der Waals surface area contributed by atoms with Crippen molar-refractivity contribution in [2.45, 2.75) is 51.7 Å². The fourth-order valence-corrected chi connectivity index (χ4v) is 4.11. The van der Waals surface area contributed by atoms with Crippen LogP contribution >= 0.6 is 0 Å². The largest absolute Gasteiger partial charge is 0.341 e. The van der Waals surface area contributed by atoms with E-state index in [0.717, 1.165) is 11.1 Å². The Hall–Kier alpha value is -2.17. The Morgan fingerprint density at radius 1 is 0.963 bits per heavy atom. The number of hydrogen-bond donors (Lipinski definition) is 0. The van der Waals surface area contributed by atoms with Gasteiger partial charge < -0.3 is 14.4 Å². The lowest BCUT2D eigenvalue weighted by Gasteiger charge is -2.47. The third kappa shape index (κ3) is 2.97. The van der Waals surface area contributed by atoms with Crippen molar-refractivity contribution in [2.24, 2.45) is 5.41 Å². The first-order valence-electron chi connectivity index (χ1n) is 9.58. The van der Waals surface area contributed by atoms with E-state index < -0.39 is 11.9 Å². The number of fused-ring (bicyclic) bond motifs is 2. The molecule has 2 saturated heterocycles. The van der Waals surface area contributed by atoms with Gasteiger partial charge in [0.25, 0.3) is 5.91 Å². The van der Waals surface area contributed by atoms with Gasteiger partial charge in [0.1, 0.15) is 0 Å². The van der Waals surface area contributed by atoms with Gasteiger partial charge in [-0.3, -0.25) is 4.79 Å². The lowest BCUT2D eigenvalue weighted by atomic mass is 9.83. The normalized spacial score (nSPS) is 28.0. The van der Waals surface area contributed by atoms with E-state index in [0.29, 0.717) is 6.54 Å². The van der Waals surface area contributed by atoms with Crippen LogP contribution in [0.2, 0.25) is 0 Å². The summed E-state index contributed by atoms with van der Waals surface area (Å²) in [4.78, 5) is 15.3. The van der Waals surface area contributed by atoms with Crippen molar-refractivity contribution in [3.8, 4) is 0 Å². The third-order valence-corrected chi connectivity index (χ3v) is 5.71. The molecule has 3 atom stereocenters. The van der Waals surface area contributed by atoms with Gasteiger partial charge in [0.05, 0.1) is 18.7 Å². The van der Waals surface area contributed by atoms with Crippen LogP contribution in [0.25, 0.3) is 0 Å². The Morgan fingerprint density at radius 3 is 1.96 bits per heavy atom. The number of benzene rings is 2. The van der Waals surface area contributed by atoms with Crippen molar-refractivity contribution >= 4 is 5.91 Å². The summed E-state index contributed by atoms with van der Waals surface area (Å²) in [5.74, 6) is -0.801. The summed E-state index contributed by atoms with van der Waals surface area (Å²) < 4.78 is 12.5. The van der Waals surface area contributed by atoms with Crippen molar-refractivity contribution in [2.75, 3.05) is 6.54 Å². The van der Waals surface area contributed by atoms with Gasteiger partial charge in [0.15, 0.2) is 11.9 Å². The highest BCUT2D eigenvalue weighted by Gasteiger charge is 2.61. The molecule has 27 heavy (non-hydrogen) atoms. The second-order valence-corrected chi connectivity index (χ2v) is 8.55. The first-order chi connectivity index (χ1) is 12.8. The van der Waals surface area contributed by atoms with Gasteiger partial charge in [-0.15, -0.1) is 0 Å². The lowest BCUT2D eigenvalue weighted by molar-refractivity contribution is -0.259. The highest BCUT2D eigenvalue weighted by molar-refractivity contribution is 5.84. The van der Waals surface area contributed by atoms with E-state index in [1.165, 1.54) is 0 Å². The van der Waals surface area contributed by atoms with Crippen LogP contribution in [0.3, 0.4) is 0 Å². The van der Waals surface area contributed by atoms with Crippen molar-refractivity contribution in [3.05, 3.63) is 71.8 Å². The van der Waals surface area contributed by atoms with Gasteiger partial charge in [0.2, 0.25) is 0 Å². The van der Waals surface area contributed by atoms with Crippen LogP contribution in [0, 0.1) is 5.41 Å². The Balaban J connectivity index is 1.82. The van der Waals surface area contributed by atoms with Crippen LogP contribution in [0.5, 0.6) is 0 Å². The van der Waals surface area contributed by atoms with E-state index in [2.05, 4.69) is 45.0 Å². The van der Waals surface area contributed by atoms with Crippen molar-refractivity contribution in [1.29, 1.82) is 0 Å². The molecular weight excluding hydrogens is 338 g/mol. The number of carbonyl (C=O) groups is 1. The topological polar surface area (TPSA) is 38.8 Å². The molecule has 0 radical (unpaired) electrons. The number of hydrogen-bond acceptors (Lipinski definition) is 3. The molecule has 0 aliphatic carbocycles. The predicted molar refractivity (Wildman–Crippen MR) is 104 cm³/mol. The average molecular weight is 365 g/mol. The van der Waals surface area contributed by atoms with Gasteiger partial charge in [0, 0.05) is 5.41 Å². The Morgan fingerprint density at radius 2 is 1.48 bits per heavy atom. The molecule has 4 heteroatoms. The van der Waals surface area contributed by atoms with E-state index in [-0.39, 0.29) is 23.5 Å². The van der Waals surface area contributed by atoms with Gasteiger partial charge in [-0.2, -0.15) is 0 Å². The molecule has 0 aromatic heterocycles. The van der Waals surface area contributed by atoms with Crippen LogP contribution in [-0.2, 0) is 14.3 Å². The van der Waals surface area contributed by atoms with Crippen molar-refractivity contribution in [1.82, 2.24) is 4.90 Å². The Kier molecular flexibility index (Phi) is 4.36. The molecular formula is C23H27NO3. The smallest absolute Gasteiger partial charge is 0.255 e. The van der Waals surface area contributed by atoms with Crippen LogP contribution in [0.1, 0.15) is 44.9 Å². The number of ether oxygens (including phenoxy) is 2. The van der Waals surface area contributed by atoms with Crippen molar-refractivity contribution in [3.63, 3.8) is 0 Å². The fourth-order valence-electron chi connectivity index (χ4n) is 4.11. The number of morpholine rings is 1. The minimum absolute atomic E-state index is 0.00224. The maximum atomic E-state index is 13.4. The van der Waals surface area contributed by atoms with Gasteiger partial charge >= 0.3 is 0 Å². The average Bonchev–Trinajstić information content (AvgIpc) is 2.95. The number of nitrogens with zero attached hydrogens (tertiary/aromatic N) is 1. The fraction of sp³-hybridized carbons (Fsp3) is 0.435. The Bertz CT molecular complexity index is 775. The first-order valence-corrected chi connectivity index (χ1v) is 9.58. The number of amides is 1. The van der Waals surface area contributed by atoms with Crippen LogP contribution < -0.4 is 0 Å². The first kappa shape index (κ1) is 18.2. The number of carbonyl (C=O) groups excluding carboxylic acids is 1. The lowest BCUT2D eigenvalue weighted by Crippen LogP contribution is -2.60. The van der Waals surface area contributed by atoms with E-state index in [1.807, 2.05) is 48.2 Å². The summed E-state index contributed by atoms with van der Waals surface area (Å²) in [5.41, 5.74) is 1.93. The zero-order valence-corrected chi connectivity index (χ0v) is 16.4. The maximum Gasteiger partial charge on any atom is 0.255 e. The summed E-state index contributed by atoms with van der Waals surface area (Å²) in [6.45, 7) is 8.66. The van der Waals surface area contributed by atoms with E-state index in [1.54, 1.807) is 0 Å². The van der Waals surface area contributed by atoms with Crippen LogP contribution in [0.4, 0.5) is 0 Å². The Labute approximate surface area is 161 Å². The van der Waals surface area contributed by atoms with Crippen LogP contribution in [0.15, 0.2) is 60.7 Å². The zero-order valence-electron chi connectivity index (χ0n) is 16.4. The molecule has 2 aromatic rings. The summed E-state index contributed by atoms with van der Waals surface area (Å²) in [7, 11) is 0. The second-order valence-electron chi connectivity index (χ2n) is 8.55. The van der Waals surface area contributed by atoms with E-state index >= 15 is 0 Å². The summed E-state index contributed by atoms with van der Waals surface area (Å²) >= 11 is 0. The monoisotopic (exact) mass is 365 g/mol. The molecule has 4 rings (SSSR count). The van der Waals surface area contributed by atoms with Gasteiger partial charge in [-0.05, 0) is 18.1 Å². The standard InChI is InChI=1S/C23H27NO3/c1-16-20-21(25)24(15-23(26-16,27-20)22(2,3)4)19(17-11-7-5-8-12-17)18-13-9-6-10-14-18/h5-14,16,19-20H,15H2,1-4H3/t16-,20+,23-/m1/s1. The summed E-state index contributed by atoms with van der Waals surface area (Å²) in [6.07, 6.45) is -0.818. The van der Waals surface area contributed by atoms with Gasteiger partial charge in [-0.1, -0.05) is 81.4 Å². The van der Waals surface area contributed by atoms with Crippen LogP contribution in [-0.4, -0.2) is 35.3 Å². The second kappa shape index (κ2) is 6.47. The SMILES string of the molecule is C[C@H]1O[C@]2(C(C)(C)C)CN(C(c3ccccc3)c3ccccc3)C(=O)[C@H]1O2. The molecule has 2 heterocycles. The highest BCUT2D eigenvalue weighted by atomic mass is 16.8. The molecule has 1 amide bonds. The van der Waals surface area contributed by atoms with E-state index in [4.69, 9.17) is 9.47 Å².